The van der Waals surface area contributed by atoms with Gasteiger partial charge in [-0.15, -0.1) is 0 Å². The predicted molar refractivity (Wildman–Crippen MR) is 62.1 cm³/mol. The topological polar surface area (TPSA) is 17.1 Å². The molecule has 0 bridgehead atoms. The van der Waals surface area contributed by atoms with Crippen LogP contribution in [0.5, 0.6) is 0 Å². The molecule has 0 saturated heterocycles. The van der Waals surface area contributed by atoms with Gasteiger partial charge < -0.3 is 0 Å². The minimum Gasteiger partial charge on any atom is -0.295 e. The molecule has 76 valence electrons. The van der Waals surface area contributed by atoms with Gasteiger partial charge in [-0.2, -0.15) is 0 Å². The number of ketones is 1. The third-order valence-electron chi connectivity index (χ3n) is 1.61. The second kappa shape index (κ2) is 8.24. The molecule has 1 rings (SSSR count). The van der Waals surface area contributed by atoms with E-state index in [1.165, 1.54) is 0 Å². The lowest BCUT2D eigenvalue weighted by molar-refractivity contribution is -0.114. The predicted octanol–water partition coefficient (Wildman–Crippen LogP) is 3.71. The Kier molecular flexibility index (Phi) is 7.43. The van der Waals surface area contributed by atoms with Gasteiger partial charge in [-0.25, -0.2) is 0 Å². The van der Waals surface area contributed by atoms with Gasteiger partial charge in [0.1, 0.15) is 0 Å². The van der Waals surface area contributed by atoms with Crippen LogP contribution in [0.2, 0.25) is 0 Å². The molecule has 1 heteroatoms. The maximum Gasteiger partial charge on any atom is 0.155 e. The first-order valence-electron chi connectivity index (χ1n) is 5.09. The highest BCUT2D eigenvalue weighted by Gasteiger charge is 1.88. The molecule has 0 spiro atoms. The van der Waals surface area contributed by atoms with Crippen molar-refractivity contribution >= 4 is 11.9 Å². The van der Waals surface area contributed by atoms with Crippen LogP contribution >= 0.6 is 0 Å². The second-order valence-electron chi connectivity index (χ2n) is 2.56. The number of hydrogen-bond acceptors (Lipinski definition) is 1. The van der Waals surface area contributed by atoms with Gasteiger partial charge in [0.05, 0.1) is 0 Å². The summed E-state index contributed by atoms with van der Waals surface area (Å²) in [5, 5.41) is 0. The summed E-state index contributed by atoms with van der Waals surface area (Å²) < 4.78 is 0. The van der Waals surface area contributed by atoms with Crippen LogP contribution in [0.4, 0.5) is 0 Å². The van der Waals surface area contributed by atoms with E-state index in [4.69, 9.17) is 0 Å². The van der Waals surface area contributed by atoms with Crippen molar-refractivity contribution in [3.63, 3.8) is 0 Å². The molecule has 0 aliphatic rings. The van der Waals surface area contributed by atoms with E-state index < -0.39 is 0 Å². The third kappa shape index (κ3) is 5.31. The maximum atomic E-state index is 10.9. The smallest absolute Gasteiger partial charge is 0.155 e. The van der Waals surface area contributed by atoms with E-state index in [2.05, 4.69) is 0 Å². The molecule has 0 saturated carbocycles. The standard InChI is InChI=1S/C11H12O.C2H6/c1-2-11(12)9-8-10-6-4-3-5-7-10;1-2/h3-9H,2H2,1H3;1-2H3/b9-8+;. The molecule has 0 atom stereocenters. The summed E-state index contributed by atoms with van der Waals surface area (Å²) >= 11 is 0. The molecular weight excluding hydrogens is 172 g/mol. The van der Waals surface area contributed by atoms with Crippen molar-refractivity contribution in [3.05, 3.63) is 42.0 Å². The van der Waals surface area contributed by atoms with Crippen LogP contribution in [0.1, 0.15) is 32.8 Å². The number of carbonyl (C=O) groups excluding carboxylic acids is 1. The number of carbonyl (C=O) groups is 1. The van der Waals surface area contributed by atoms with Crippen LogP contribution in [0.15, 0.2) is 36.4 Å². The highest BCUT2D eigenvalue weighted by atomic mass is 16.1. The first kappa shape index (κ1) is 12.6. The normalized spacial score (nSPS) is 9.36. The van der Waals surface area contributed by atoms with Crippen molar-refractivity contribution in [1.29, 1.82) is 0 Å². The van der Waals surface area contributed by atoms with Crippen molar-refractivity contribution in [2.24, 2.45) is 0 Å². The molecule has 1 aromatic rings. The Balaban J connectivity index is 0.000000791. The zero-order chi connectivity index (χ0) is 10.8. The molecule has 0 unspecified atom stereocenters. The largest absolute Gasteiger partial charge is 0.295 e. The van der Waals surface area contributed by atoms with Crippen LogP contribution in [0.3, 0.4) is 0 Å². The van der Waals surface area contributed by atoms with Gasteiger partial charge >= 0.3 is 0 Å². The van der Waals surface area contributed by atoms with E-state index in [-0.39, 0.29) is 5.78 Å². The van der Waals surface area contributed by atoms with E-state index in [1.54, 1.807) is 6.08 Å². The van der Waals surface area contributed by atoms with Gasteiger partial charge in [-0.3, -0.25) is 4.79 Å². The molecule has 0 N–H and O–H groups in total. The highest BCUT2D eigenvalue weighted by molar-refractivity contribution is 5.93. The lowest BCUT2D eigenvalue weighted by Gasteiger charge is -1.89. The molecule has 0 aromatic heterocycles. The Bertz CT molecular complexity index is 273. The van der Waals surface area contributed by atoms with Crippen LogP contribution in [-0.4, -0.2) is 5.78 Å². The zero-order valence-corrected chi connectivity index (χ0v) is 9.16. The molecule has 0 amide bonds. The first-order chi connectivity index (χ1) is 6.83. The van der Waals surface area contributed by atoms with Crippen molar-refractivity contribution < 1.29 is 4.79 Å². The van der Waals surface area contributed by atoms with E-state index in [0.29, 0.717) is 6.42 Å². The Morgan fingerprint density at radius 3 is 2.29 bits per heavy atom. The summed E-state index contributed by atoms with van der Waals surface area (Å²) in [5.74, 6) is 0.166. The fourth-order valence-corrected chi connectivity index (χ4v) is 0.871. The minimum absolute atomic E-state index is 0.166. The fraction of sp³-hybridized carbons (Fsp3) is 0.308. The average Bonchev–Trinajstić information content (AvgIpc) is 2.30. The number of benzene rings is 1. The summed E-state index contributed by atoms with van der Waals surface area (Å²) in [5.41, 5.74) is 1.07. The van der Waals surface area contributed by atoms with Crippen LogP contribution in [0, 0.1) is 0 Å². The molecular formula is C13H18O. The van der Waals surface area contributed by atoms with Crippen molar-refractivity contribution in [1.82, 2.24) is 0 Å². The average molecular weight is 190 g/mol. The van der Waals surface area contributed by atoms with Crippen molar-refractivity contribution in [3.8, 4) is 0 Å². The van der Waals surface area contributed by atoms with Gasteiger partial charge in [0.2, 0.25) is 0 Å². The molecule has 0 aliphatic carbocycles. The number of hydrogen-bond donors (Lipinski definition) is 0. The number of rotatable bonds is 3. The SMILES string of the molecule is CC.CCC(=O)/C=C/c1ccccc1. The van der Waals surface area contributed by atoms with Gasteiger partial charge in [0, 0.05) is 6.42 Å². The van der Waals surface area contributed by atoms with Gasteiger partial charge in [0.15, 0.2) is 5.78 Å². The summed E-state index contributed by atoms with van der Waals surface area (Å²) in [6.07, 6.45) is 4.03. The number of allylic oxidation sites excluding steroid dienone is 1. The molecule has 14 heavy (non-hydrogen) atoms. The van der Waals surface area contributed by atoms with E-state index in [1.807, 2.05) is 57.2 Å². The Morgan fingerprint density at radius 2 is 1.79 bits per heavy atom. The summed E-state index contributed by atoms with van der Waals surface area (Å²) in [6.45, 7) is 5.86. The third-order valence-corrected chi connectivity index (χ3v) is 1.61. The van der Waals surface area contributed by atoms with Gasteiger partial charge in [-0.05, 0) is 11.6 Å². The van der Waals surface area contributed by atoms with E-state index in [9.17, 15) is 4.79 Å². The van der Waals surface area contributed by atoms with E-state index in [0.717, 1.165) is 5.56 Å². The Morgan fingerprint density at radius 1 is 1.21 bits per heavy atom. The molecule has 0 fully saturated rings. The lowest BCUT2D eigenvalue weighted by atomic mass is 10.2. The molecule has 1 nitrogen and oxygen atoms in total. The quantitative estimate of drug-likeness (QED) is 0.664. The first-order valence-corrected chi connectivity index (χ1v) is 5.09. The fourth-order valence-electron chi connectivity index (χ4n) is 0.871. The molecule has 0 radical (unpaired) electrons. The van der Waals surface area contributed by atoms with Crippen LogP contribution in [-0.2, 0) is 4.79 Å². The van der Waals surface area contributed by atoms with Crippen molar-refractivity contribution in [2.45, 2.75) is 27.2 Å². The zero-order valence-electron chi connectivity index (χ0n) is 9.16. The monoisotopic (exact) mass is 190 g/mol. The summed E-state index contributed by atoms with van der Waals surface area (Å²) in [7, 11) is 0. The van der Waals surface area contributed by atoms with Crippen LogP contribution < -0.4 is 0 Å². The van der Waals surface area contributed by atoms with Gasteiger partial charge in [0.25, 0.3) is 0 Å². The summed E-state index contributed by atoms with van der Waals surface area (Å²) in [6, 6.07) is 9.81. The van der Waals surface area contributed by atoms with E-state index >= 15 is 0 Å². The van der Waals surface area contributed by atoms with Gasteiger partial charge in [-0.1, -0.05) is 57.2 Å². The highest BCUT2D eigenvalue weighted by Crippen LogP contribution is 2.01. The second-order valence-corrected chi connectivity index (χ2v) is 2.56. The molecule has 1 aromatic carbocycles. The lowest BCUT2D eigenvalue weighted by Crippen LogP contribution is -1.86. The Labute approximate surface area is 86.5 Å². The summed E-state index contributed by atoms with van der Waals surface area (Å²) in [4.78, 5) is 10.9. The molecule has 0 aliphatic heterocycles. The maximum absolute atomic E-state index is 10.9. The molecule has 0 heterocycles. The minimum atomic E-state index is 0.166. The van der Waals surface area contributed by atoms with Crippen LogP contribution in [0.25, 0.3) is 6.08 Å². The van der Waals surface area contributed by atoms with Crippen molar-refractivity contribution in [2.75, 3.05) is 0 Å². The Hall–Kier alpha value is -1.37.